The number of aromatic nitrogens is 4. The predicted octanol–water partition coefficient (Wildman–Crippen LogP) is 3.38. The third-order valence-corrected chi connectivity index (χ3v) is 5.74. The summed E-state index contributed by atoms with van der Waals surface area (Å²) >= 11 is 1.63. The quantitative estimate of drug-likeness (QED) is 0.546. The molecule has 1 fully saturated rings. The van der Waals surface area contributed by atoms with E-state index >= 15 is 0 Å². The molecule has 1 saturated heterocycles. The zero-order valence-corrected chi connectivity index (χ0v) is 15.6. The van der Waals surface area contributed by atoms with E-state index in [9.17, 15) is 0 Å². The van der Waals surface area contributed by atoms with Crippen LogP contribution in [0.5, 0.6) is 0 Å². The highest BCUT2D eigenvalue weighted by Crippen LogP contribution is 2.29. The molecule has 0 saturated carbocycles. The Morgan fingerprint density at radius 3 is 2.70 bits per heavy atom. The Balaban J connectivity index is 1.40. The molecule has 1 aliphatic heterocycles. The molecule has 0 radical (unpaired) electrons. The van der Waals surface area contributed by atoms with Crippen molar-refractivity contribution in [3.63, 3.8) is 0 Å². The Labute approximate surface area is 161 Å². The van der Waals surface area contributed by atoms with Gasteiger partial charge in [-0.15, -0.1) is 5.10 Å². The van der Waals surface area contributed by atoms with Crippen molar-refractivity contribution in [2.75, 3.05) is 26.3 Å². The molecule has 1 aliphatic rings. The number of morpholine rings is 1. The van der Waals surface area contributed by atoms with E-state index in [1.54, 1.807) is 16.0 Å². The van der Waals surface area contributed by atoms with Gasteiger partial charge < -0.3 is 4.74 Å². The van der Waals surface area contributed by atoms with Gasteiger partial charge in [0, 0.05) is 19.6 Å². The lowest BCUT2D eigenvalue weighted by Crippen LogP contribution is -2.35. The van der Waals surface area contributed by atoms with Gasteiger partial charge in [0.25, 0.3) is 0 Å². The summed E-state index contributed by atoms with van der Waals surface area (Å²) in [6, 6.07) is 16.8. The van der Waals surface area contributed by atoms with Gasteiger partial charge in [0.1, 0.15) is 0 Å². The summed E-state index contributed by atoms with van der Waals surface area (Å²) in [5.41, 5.74) is 4.32. The van der Waals surface area contributed by atoms with Crippen LogP contribution in [0.15, 0.2) is 54.7 Å². The number of rotatable bonds is 4. The van der Waals surface area contributed by atoms with E-state index in [-0.39, 0.29) is 0 Å². The number of hydrogen-bond acceptors (Lipinski definition) is 6. The molecule has 0 atom stereocenters. The van der Waals surface area contributed by atoms with Crippen molar-refractivity contribution in [2.45, 2.75) is 6.54 Å². The van der Waals surface area contributed by atoms with Gasteiger partial charge >= 0.3 is 0 Å². The molecule has 0 aliphatic carbocycles. The van der Waals surface area contributed by atoms with Gasteiger partial charge in [0.2, 0.25) is 5.13 Å². The van der Waals surface area contributed by atoms with Crippen LogP contribution in [0.25, 0.3) is 26.5 Å². The van der Waals surface area contributed by atoms with Gasteiger partial charge in [0.05, 0.1) is 35.3 Å². The van der Waals surface area contributed by atoms with Crippen LogP contribution in [0.4, 0.5) is 0 Å². The lowest BCUT2D eigenvalue weighted by molar-refractivity contribution is 0.0336. The third kappa shape index (κ3) is 3.49. The Morgan fingerprint density at radius 2 is 1.85 bits per heavy atom. The second-order valence-electron chi connectivity index (χ2n) is 6.59. The Morgan fingerprint density at radius 1 is 1.00 bits per heavy atom. The van der Waals surface area contributed by atoms with Crippen molar-refractivity contribution in [3.05, 3.63) is 60.4 Å². The molecule has 2 aromatic heterocycles. The molecule has 2 aromatic carbocycles. The molecule has 5 rings (SSSR count). The fraction of sp³-hybridized carbons (Fsp3) is 0.250. The minimum absolute atomic E-state index is 0.787. The highest BCUT2D eigenvalue weighted by molar-refractivity contribution is 7.20. The fourth-order valence-electron chi connectivity index (χ4n) is 3.28. The third-order valence-electron chi connectivity index (χ3n) is 4.71. The van der Waals surface area contributed by atoms with Crippen molar-refractivity contribution < 1.29 is 4.74 Å². The summed E-state index contributed by atoms with van der Waals surface area (Å²) in [5, 5.41) is 9.45. The Kier molecular flexibility index (Phi) is 4.41. The number of thiazole rings is 1. The normalized spacial score (nSPS) is 15.4. The van der Waals surface area contributed by atoms with Crippen molar-refractivity contribution in [1.82, 2.24) is 24.9 Å². The van der Waals surface area contributed by atoms with E-state index in [0.29, 0.717) is 0 Å². The molecule has 3 heterocycles. The van der Waals surface area contributed by atoms with Gasteiger partial charge in [0.15, 0.2) is 0 Å². The second-order valence-corrected chi connectivity index (χ2v) is 7.60. The van der Waals surface area contributed by atoms with Gasteiger partial charge in [-0.05, 0) is 23.3 Å². The highest BCUT2D eigenvalue weighted by atomic mass is 32.1. The summed E-state index contributed by atoms with van der Waals surface area (Å²) in [5.74, 6) is 0. The van der Waals surface area contributed by atoms with Gasteiger partial charge in [-0.25, -0.2) is 4.98 Å². The van der Waals surface area contributed by atoms with Crippen LogP contribution in [-0.4, -0.2) is 51.2 Å². The summed E-state index contributed by atoms with van der Waals surface area (Å²) in [6.45, 7) is 4.25. The topological polar surface area (TPSA) is 56.1 Å². The van der Waals surface area contributed by atoms with Crippen LogP contribution in [-0.2, 0) is 11.3 Å². The maximum absolute atomic E-state index is 5.40. The predicted molar refractivity (Wildman–Crippen MR) is 106 cm³/mol. The molecule has 0 amide bonds. The molecular weight excluding hydrogens is 358 g/mol. The van der Waals surface area contributed by atoms with Crippen LogP contribution < -0.4 is 0 Å². The van der Waals surface area contributed by atoms with Gasteiger partial charge in [-0.2, -0.15) is 4.68 Å². The van der Waals surface area contributed by atoms with Gasteiger partial charge in [-0.3, -0.25) is 4.90 Å². The largest absolute Gasteiger partial charge is 0.379 e. The number of hydrogen-bond donors (Lipinski definition) is 0. The molecule has 4 aromatic rings. The second kappa shape index (κ2) is 7.19. The first-order valence-electron chi connectivity index (χ1n) is 9.03. The summed E-state index contributed by atoms with van der Waals surface area (Å²) in [6.07, 6.45) is 1.98. The van der Waals surface area contributed by atoms with Crippen molar-refractivity contribution in [1.29, 1.82) is 0 Å². The van der Waals surface area contributed by atoms with Crippen molar-refractivity contribution >= 4 is 21.6 Å². The maximum atomic E-state index is 5.40. The average Bonchev–Trinajstić information content (AvgIpc) is 3.35. The monoisotopic (exact) mass is 377 g/mol. The first kappa shape index (κ1) is 16.6. The van der Waals surface area contributed by atoms with Crippen LogP contribution in [0.1, 0.15) is 5.69 Å². The Bertz CT molecular complexity index is 1050. The number of fused-ring (bicyclic) bond motifs is 1. The molecule has 0 bridgehead atoms. The summed E-state index contributed by atoms with van der Waals surface area (Å²) in [4.78, 5) is 7.11. The van der Waals surface area contributed by atoms with E-state index in [1.807, 2.05) is 12.3 Å². The van der Waals surface area contributed by atoms with E-state index in [0.717, 1.165) is 53.9 Å². The van der Waals surface area contributed by atoms with Crippen LogP contribution >= 0.6 is 11.3 Å². The molecule has 27 heavy (non-hydrogen) atoms. The number of nitrogens with zero attached hydrogens (tertiary/aromatic N) is 5. The van der Waals surface area contributed by atoms with E-state index < -0.39 is 0 Å². The summed E-state index contributed by atoms with van der Waals surface area (Å²) in [7, 11) is 0. The zero-order valence-electron chi connectivity index (χ0n) is 14.8. The first-order chi connectivity index (χ1) is 13.3. The summed E-state index contributed by atoms with van der Waals surface area (Å²) < 4.78 is 8.32. The van der Waals surface area contributed by atoms with Crippen LogP contribution in [0, 0.1) is 0 Å². The van der Waals surface area contributed by atoms with E-state index in [1.165, 1.54) is 11.1 Å². The van der Waals surface area contributed by atoms with Crippen LogP contribution in [0.2, 0.25) is 0 Å². The average molecular weight is 377 g/mol. The van der Waals surface area contributed by atoms with Crippen molar-refractivity contribution in [2.24, 2.45) is 0 Å². The van der Waals surface area contributed by atoms with E-state index in [2.05, 4.69) is 57.7 Å². The van der Waals surface area contributed by atoms with Crippen molar-refractivity contribution in [3.8, 4) is 16.3 Å². The maximum Gasteiger partial charge on any atom is 0.212 e. The smallest absolute Gasteiger partial charge is 0.212 e. The zero-order chi connectivity index (χ0) is 18.1. The van der Waals surface area contributed by atoms with E-state index in [4.69, 9.17) is 9.72 Å². The van der Waals surface area contributed by atoms with Gasteiger partial charge in [-0.1, -0.05) is 52.9 Å². The van der Waals surface area contributed by atoms with Crippen LogP contribution in [0.3, 0.4) is 0 Å². The molecule has 7 heteroatoms. The fourth-order valence-corrected chi connectivity index (χ4v) is 4.14. The lowest BCUT2D eigenvalue weighted by Gasteiger charge is -2.25. The number of benzene rings is 2. The molecule has 0 unspecified atom stereocenters. The minimum Gasteiger partial charge on any atom is -0.379 e. The standard InChI is InChI=1S/C20H19N5OS/c1-2-4-15(5-3-1)16-6-7-19-18(12-16)21-20(27-19)25-14-17(22-23-25)13-24-8-10-26-11-9-24/h1-7,12,14H,8-11,13H2. The molecule has 6 nitrogen and oxygen atoms in total. The Hall–Kier alpha value is -2.61. The lowest BCUT2D eigenvalue weighted by atomic mass is 10.1. The molecule has 0 spiro atoms. The SMILES string of the molecule is c1ccc(-c2ccc3sc(-n4cc(CN5CCOCC5)nn4)nc3c2)cc1. The number of ether oxygens (including phenoxy) is 1. The highest BCUT2D eigenvalue weighted by Gasteiger charge is 2.14. The minimum atomic E-state index is 0.787. The molecule has 0 N–H and O–H groups in total. The first-order valence-corrected chi connectivity index (χ1v) is 9.84. The molecular formula is C20H19N5OS. The molecule has 136 valence electrons.